The second-order valence-corrected chi connectivity index (χ2v) is 10.3. The van der Waals surface area contributed by atoms with Gasteiger partial charge in [-0.1, -0.05) is 33.6 Å². The van der Waals surface area contributed by atoms with Crippen LogP contribution in [0.3, 0.4) is 0 Å². The number of rotatable bonds is 5. The molecule has 0 aliphatic heterocycles. The van der Waals surface area contributed by atoms with Gasteiger partial charge < -0.3 is 9.15 Å². The van der Waals surface area contributed by atoms with Crippen LogP contribution in [-0.4, -0.2) is 27.4 Å². The molecule has 0 aliphatic carbocycles. The molecule has 174 valence electrons. The number of anilines is 1. The number of methoxy groups -OCH3 is 1. The molecule has 34 heavy (non-hydrogen) atoms. The number of furan rings is 1. The van der Waals surface area contributed by atoms with Crippen molar-refractivity contribution in [3.8, 4) is 0 Å². The third-order valence-corrected chi connectivity index (χ3v) is 7.56. The minimum atomic E-state index is -4.31. The highest BCUT2D eigenvalue weighted by atomic mass is 79.9. The predicted octanol–water partition coefficient (Wildman–Crippen LogP) is 5.63. The van der Waals surface area contributed by atoms with Gasteiger partial charge in [-0.15, -0.1) is 0 Å². The molecule has 0 atom stereocenters. The van der Waals surface area contributed by atoms with Crippen molar-refractivity contribution in [1.29, 1.82) is 0 Å². The number of ether oxygens (including phenoxy) is 1. The monoisotopic (exact) mass is 541 g/mol. The number of carbonyl (C=O) groups excluding carboxylic acids is 2. The Hall–Kier alpha value is -3.43. The number of benzene rings is 3. The average Bonchev–Trinajstić information content (AvgIpc) is 3.14. The second kappa shape index (κ2) is 9.08. The van der Waals surface area contributed by atoms with E-state index in [1.54, 1.807) is 43.3 Å². The van der Waals surface area contributed by atoms with Crippen LogP contribution in [0.25, 0.3) is 11.0 Å². The smallest absolute Gasteiger partial charge is 0.342 e. The number of hydrogen-bond acceptors (Lipinski definition) is 6. The fourth-order valence-corrected chi connectivity index (χ4v) is 5.25. The lowest BCUT2D eigenvalue weighted by Crippen LogP contribution is -2.37. The summed E-state index contributed by atoms with van der Waals surface area (Å²) in [6.07, 6.45) is 0. The van der Waals surface area contributed by atoms with Gasteiger partial charge >= 0.3 is 5.97 Å². The molecule has 0 radical (unpaired) electrons. The van der Waals surface area contributed by atoms with Crippen LogP contribution in [0.15, 0.2) is 80.5 Å². The number of carbonyl (C=O) groups is 2. The lowest BCUT2D eigenvalue weighted by molar-refractivity contribution is 0.0600. The van der Waals surface area contributed by atoms with Crippen LogP contribution in [0.2, 0.25) is 0 Å². The van der Waals surface area contributed by atoms with Crippen molar-refractivity contribution in [2.75, 3.05) is 11.4 Å². The summed E-state index contributed by atoms with van der Waals surface area (Å²) in [6.45, 7) is 3.48. The Morgan fingerprint density at radius 1 is 0.941 bits per heavy atom. The summed E-state index contributed by atoms with van der Waals surface area (Å²) in [5.74, 6) is -1.03. The Labute approximate surface area is 205 Å². The quantitative estimate of drug-likeness (QED) is 0.303. The van der Waals surface area contributed by atoms with E-state index in [1.165, 1.54) is 37.4 Å². The van der Waals surface area contributed by atoms with E-state index >= 15 is 0 Å². The van der Waals surface area contributed by atoms with E-state index in [1.807, 2.05) is 6.92 Å². The first-order valence-electron chi connectivity index (χ1n) is 10.2. The van der Waals surface area contributed by atoms with Crippen LogP contribution in [-0.2, 0) is 14.8 Å². The number of hydrogen-bond donors (Lipinski definition) is 0. The molecule has 0 saturated heterocycles. The topological polar surface area (TPSA) is 93.9 Å². The summed E-state index contributed by atoms with van der Waals surface area (Å²) in [7, 11) is -3.07. The molecule has 0 N–H and O–H groups in total. The molecule has 9 heteroatoms. The standard InChI is InChI=1S/C25H20BrNO6S/c1-15-4-6-17(7-5-15)24(28)27(34(30,31)20-11-8-18(26)9-12-20)19-10-13-22-21(14-19)23(16(2)33-22)25(29)32-3/h4-14H,1-3H3. The van der Waals surface area contributed by atoms with E-state index < -0.39 is 21.9 Å². The fourth-order valence-electron chi connectivity index (χ4n) is 3.58. The third kappa shape index (κ3) is 4.24. The van der Waals surface area contributed by atoms with Gasteiger partial charge in [0.25, 0.3) is 15.9 Å². The maximum Gasteiger partial charge on any atom is 0.342 e. The molecule has 1 aromatic heterocycles. The van der Waals surface area contributed by atoms with Crippen molar-refractivity contribution in [2.45, 2.75) is 18.7 Å². The highest BCUT2D eigenvalue weighted by Crippen LogP contribution is 2.33. The second-order valence-electron chi connectivity index (χ2n) is 7.60. The summed E-state index contributed by atoms with van der Waals surface area (Å²) in [5.41, 5.74) is 1.72. The van der Waals surface area contributed by atoms with Gasteiger partial charge in [0.1, 0.15) is 16.9 Å². The minimum absolute atomic E-state index is 0.0620. The highest BCUT2D eigenvalue weighted by Gasteiger charge is 2.33. The lowest BCUT2D eigenvalue weighted by atomic mass is 10.1. The van der Waals surface area contributed by atoms with Gasteiger partial charge in [-0.25, -0.2) is 13.2 Å². The Morgan fingerprint density at radius 3 is 2.21 bits per heavy atom. The summed E-state index contributed by atoms with van der Waals surface area (Å²) >= 11 is 3.29. The Kier molecular flexibility index (Phi) is 6.33. The van der Waals surface area contributed by atoms with Crippen molar-refractivity contribution in [3.63, 3.8) is 0 Å². The van der Waals surface area contributed by atoms with Gasteiger partial charge in [-0.05, 0) is 68.4 Å². The Bertz CT molecular complexity index is 1510. The largest absolute Gasteiger partial charge is 0.465 e. The van der Waals surface area contributed by atoms with E-state index in [9.17, 15) is 18.0 Å². The molecule has 4 rings (SSSR count). The van der Waals surface area contributed by atoms with E-state index in [0.717, 1.165) is 9.87 Å². The molecule has 4 aromatic rings. The average molecular weight is 542 g/mol. The summed E-state index contributed by atoms with van der Waals surface area (Å²) in [4.78, 5) is 25.9. The first kappa shape index (κ1) is 23.7. The molecule has 1 heterocycles. The van der Waals surface area contributed by atoms with Gasteiger partial charge in [0.05, 0.1) is 17.7 Å². The zero-order chi connectivity index (χ0) is 24.6. The number of fused-ring (bicyclic) bond motifs is 1. The van der Waals surface area contributed by atoms with Crippen LogP contribution in [0, 0.1) is 13.8 Å². The van der Waals surface area contributed by atoms with Crippen LogP contribution in [0.1, 0.15) is 32.0 Å². The van der Waals surface area contributed by atoms with Crippen molar-refractivity contribution < 1.29 is 27.2 Å². The third-order valence-electron chi connectivity index (χ3n) is 5.31. The van der Waals surface area contributed by atoms with Crippen molar-refractivity contribution in [2.24, 2.45) is 0 Å². The summed E-state index contributed by atoms with van der Waals surface area (Å²) < 4.78 is 39.4. The number of halogens is 1. The van der Waals surface area contributed by atoms with Crippen LogP contribution in [0.4, 0.5) is 5.69 Å². The first-order chi connectivity index (χ1) is 16.1. The molecular weight excluding hydrogens is 522 g/mol. The van der Waals surface area contributed by atoms with Crippen molar-refractivity contribution >= 4 is 54.5 Å². The van der Waals surface area contributed by atoms with Crippen molar-refractivity contribution in [1.82, 2.24) is 0 Å². The predicted molar refractivity (Wildman–Crippen MR) is 132 cm³/mol. The Morgan fingerprint density at radius 2 is 1.59 bits per heavy atom. The van der Waals surface area contributed by atoms with Gasteiger partial charge in [-0.3, -0.25) is 4.79 Å². The highest BCUT2D eigenvalue weighted by molar-refractivity contribution is 9.10. The van der Waals surface area contributed by atoms with Crippen LogP contribution < -0.4 is 4.31 Å². The SMILES string of the molecule is COC(=O)c1c(C)oc2ccc(N(C(=O)c3ccc(C)cc3)S(=O)(=O)c3ccc(Br)cc3)cc12. The molecule has 3 aromatic carbocycles. The van der Waals surface area contributed by atoms with E-state index in [2.05, 4.69) is 15.9 Å². The van der Waals surface area contributed by atoms with Gasteiger partial charge in [0, 0.05) is 15.4 Å². The van der Waals surface area contributed by atoms with Gasteiger partial charge in [-0.2, -0.15) is 4.31 Å². The van der Waals surface area contributed by atoms with E-state index in [-0.39, 0.29) is 21.7 Å². The minimum Gasteiger partial charge on any atom is -0.465 e. The molecule has 0 aliphatic rings. The van der Waals surface area contributed by atoms with E-state index in [4.69, 9.17) is 9.15 Å². The van der Waals surface area contributed by atoms with E-state index in [0.29, 0.717) is 21.2 Å². The molecule has 0 unspecified atom stereocenters. The van der Waals surface area contributed by atoms with Gasteiger partial charge in [0.2, 0.25) is 0 Å². The molecule has 0 spiro atoms. The zero-order valence-electron chi connectivity index (χ0n) is 18.5. The molecule has 0 saturated carbocycles. The normalized spacial score (nSPS) is 11.4. The first-order valence-corrected chi connectivity index (χ1v) is 12.4. The number of amides is 1. The number of esters is 1. The molecule has 7 nitrogen and oxygen atoms in total. The number of nitrogens with zero attached hydrogens (tertiary/aromatic N) is 1. The maximum atomic E-state index is 13.7. The number of sulfonamides is 1. The number of aryl methyl sites for hydroxylation is 2. The zero-order valence-corrected chi connectivity index (χ0v) is 20.9. The lowest BCUT2D eigenvalue weighted by Gasteiger charge is -2.23. The summed E-state index contributed by atoms with van der Waals surface area (Å²) in [5, 5.41) is 0.342. The molecule has 0 fully saturated rings. The van der Waals surface area contributed by atoms with Crippen LogP contribution >= 0.6 is 15.9 Å². The summed E-state index contributed by atoms with van der Waals surface area (Å²) in [6, 6.07) is 17.0. The van der Waals surface area contributed by atoms with Gasteiger partial charge in [0.15, 0.2) is 0 Å². The maximum absolute atomic E-state index is 13.7. The Balaban J connectivity index is 1.95. The molecule has 0 bridgehead atoms. The van der Waals surface area contributed by atoms with Crippen LogP contribution in [0.5, 0.6) is 0 Å². The molecule has 1 amide bonds. The molecular formula is C25H20BrNO6S. The fraction of sp³-hybridized carbons (Fsp3) is 0.120. The van der Waals surface area contributed by atoms with Crippen molar-refractivity contribution in [3.05, 3.63) is 93.7 Å².